The molecule has 0 aliphatic carbocycles. The lowest BCUT2D eigenvalue weighted by Crippen LogP contribution is -2.41. The fraction of sp³-hybridized carbons (Fsp3) is 0.526. The van der Waals surface area contributed by atoms with Crippen LogP contribution in [-0.2, 0) is 19.6 Å². The van der Waals surface area contributed by atoms with Crippen LogP contribution in [0.1, 0.15) is 43.4 Å². The number of nitrogens with one attached hydrogen (secondary N) is 1. The normalized spacial score (nSPS) is 11.0. The molecule has 25 heavy (non-hydrogen) atoms. The quantitative estimate of drug-likeness (QED) is 0.839. The number of rotatable bonds is 7. The number of amides is 2. The maximum absolute atomic E-state index is 12.7. The van der Waals surface area contributed by atoms with Crippen LogP contribution in [0.4, 0.5) is 4.79 Å². The van der Waals surface area contributed by atoms with Crippen LogP contribution in [0.5, 0.6) is 0 Å². The summed E-state index contributed by atoms with van der Waals surface area (Å²) in [6, 6.07) is 5.70. The lowest BCUT2D eigenvalue weighted by molar-refractivity contribution is 0.186. The van der Waals surface area contributed by atoms with Crippen molar-refractivity contribution >= 4 is 6.03 Å². The van der Waals surface area contributed by atoms with E-state index in [0.29, 0.717) is 25.6 Å². The number of aryl methyl sites for hydroxylation is 2. The Kier molecular flexibility index (Phi) is 6.56. The highest BCUT2D eigenvalue weighted by Gasteiger charge is 2.17. The van der Waals surface area contributed by atoms with Crippen molar-refractivity contribution in [2.24, 2.45) is 5.92 Å². The van der Waals surface area contributed by atoms with Crippen molar-refractivity contribution in [2.45, 2.75) is 54.3 Å². The molecular weight excluding hydrogens is 314 g/mol. The minimum absolute atomic E-state index is 0.0672. The second-order valence-corrected chi connectivity index (χ2v) is 6.72. The molecule has 2 aromatic rings. The largest absolute Gasteiger partial charge is 0.334 e. The molecule has 0 radical (unpaired) electrons. The first kappa shape index (κ1) is 19.0. The van der Waals surface area contributed by atoms with Gasteiger partial charge in [-0.05, 0) is 38.8 Å². The maximum Gasteiger partial charge on any atom is 0.318 e. The van der Waals surface area contributed by atoms with Crippen molar-refractivity contribution in [1.82, 2.24) is 25.0 Å². The van der Waals surface area contributed by atoms with Crippen LogP contribution >= 0.6 is 0 Å². The lowest BCUT2D eigenvalue weighted by atomic mass is 10.2. The molecule has 0 unspecified atom stereocenters. The first-order chi connectivity index (χ1) is 11.9. The van der Waals surface area contributed by atoms with Gasteiger partial charge in [0, 0.05) is 37.1 Å². The Bertz CT molecular complexity index is 693. The third-order valence-electron chi connectivity index (χ3n) is 4.20. The summed E-state index contributed by atoms with van der Waals surface area (Å²) in [6.07, 6.45) is 1.76. The number of pyridine rings is 1. The first-order valence-corrected chi connectivity index (χ1v) is 8.87. The SMILES string of the molecule is CCn1nc(C)c(CNC(=O)N(Cc2ccccn2)CC(C)C)c1C. The van der Waals surface area contributed by atoms with Crippen molar-refractivity contribution in [1.29, 1.82) is 0 Å². The van der Waals surface area contributed by atoms with Crippen LogP contribution in [0.3, 0.4) is 0 Å². The molecule has 0 saturated carbocycles. The van der Waals surface area contributed by atoms with E-state index in [1.54, 1.807) is 6.20 Å². The molecule has 0 saturated heterocycles. The molecular formula is C19H29N5O. The van der Waals surface area contributed by atoms with Gasteiger partial charge in [0.1, 0.15) is 0 Å². The summed E-state index contributed by atoms with van der Waals surface area (Å²) in [4.78, 5) is 18.9. The van der Waals surface area contributed by atoms with Gasteiger partial charge in [-0.2, -0.15) is 5.10 Å². The second kappa shape index (κ2) is 8.65. The third-order valence-corrected chi connectivity index (χ3v) is 4.20. The summed E-state index contributed by atoms with van der Waals surface area (Å²) in [5, 5.41) is 7.56. The van der Waals surface area contributed by atoms with E-state index in [0.717, 1.165) is 29.2 Å². The fourth-order valence-electron chi connectivity index (χ4n) is 2.92. The van der Waals surface area contributed by atoms with Gasteiger partial charge in [-0.25, -0.2) is 4.79 Å². The molecule has 0 aromatic carbocycles. The molecule has 6 heteroatoms. The summed E-state index contributed by atoms with van der Waals surface area (Å²) in [5.41, 5.74) is 4.07. The molecule has 0 aliphatic rings. The summed E-state index contributed by atoms with van der Waals surface area (Å²) in [6.45, 7) is 12.8. The predicted molar refractivity (Wildman–Crippen MR) is 99.1 cm³/mol. The zero-order valence-electron chi connectivity index (χ0n) is 15.9. The minimum Gasteiger partial charge on any atom is -0.334 e. The number of aromatic nitrogens is 3. The van der Waals surface area contributed by atoms with Crippen LogP contribution in [0.25, 0.3) is 0 Å². The van der Waals surface area contributed by atoms with Crippen molar-refractivity contribution in [3.8, 4) is 0 Å². The average molecular weight is 343 g/mol. The lowest BCUT2D eigenvalue weighted by Gasteiger charge is -2.24. The van der Waals surface area contributed by atoms with E-state index in [4.69, 9.17) is 0 Å². The van der Waals surface area contributed by atoms with Gasteiger partial charge in [0.2, 0.25) is 0 Å². The molecule has 0 fully saturated rings. The molecule has 0 aliphatic heterocycles. The topological polar surface area (TPSA) is 63.1 Å². The van der Waals surface area contributed by atoms with Crippen molar-refractivity contribution in [2.75, 3.05) is 6.54 Å². The fourth-order valence-corrected chi connectivity index (χ4v) is 2.92. The molecule has 6 nitrogen and oxygen atoms in total. The zero-order chi connectivity index (χ0) is 18.4. The van der Waals surface area contributed by atoms with Crippen molar-refractivity contribution in [3.63, 3.8) is 0 Å². The highest BCUT2D eigenvalue weighted by Crippen LogP contribution is 2.13. The number of carbonyl (C=O) groups is 1. The Morgan fingerprint density at radius 3 is 2.64 bits per heavy atom. The molecule has 2 aromatic heterocycles. The van der Waals surface area contributed by atoms with Gasteiger partial charge in [-0.15, -0.1) is 0 Å². The van der Waals surface area contributed by atoms with E-state index in [2.05, 4.69) is 36.2 Å². The maximum atomic E-state index is 12.7. The smallest absolute Gasteiger partial charge is 0.318 e. The standard InChI is InChI=1S/C19H29N5O/c1-6-24-16(5)18(15(4)22-24)11-21-19(25)23(12-14(2)3)13-17-9-7-8-10-20-17/h7-10,14H,6,11-13H2,1-5H3,(H,21,25). The van der Waals surface area contributed by atoms with E-state index < -0.39 is 0 Å². The number of nitrogens with zero attached hydrogens (tertiary/aromatic N) is 4. The van der Waals surface area contributed by atoms with Gasteiger partial charge < -0.3 is 10.2 Å². The summed E-state index contributed by atoms with van der Waals surface area (Å²) >= 11 is 0. The number of hydrogen-bond donors (Lipinski definition) is 1. The van der Waals surface area contributed by atoms with Gasteiger partial charge >= 0.3 is 6.03 Å². The number of urea groups is 1. The van der Waals surface area contributed by atoms with Gasteiger partial charge in [0.15, 0.2) is 0 Å². The second-order valence-electron chi connectivity index (χ2n) is 6.72. The highest BCUT2D eigenvalue weighted by atomic mass is 16.2. The molecule has 2 rings (SSSR count). The zero-order valence-corrected chi connectivity index (χ0v) is 15.9. The Morgan fingerprint density at radius 1 is 1.32 bits per heavy atom. The van der Waals surface area contributed by atoms with Gasteiger partial charge in [-0.1, -0.05) is 19.9 Å². The highest BCUT2D eigenvalue weighted by molar-refractivity contribution is 5.74. The van der Waals surface area contributed by atoms with Crippen LogP contribution in [0.15, 0.2) is 24.4 Å². The van der Waals surface area contributed by atoms with E-state index >= 15 is 0 Å². The Hall–Kier alpha value is -2.37. The van der Waals surface area contributed by atoms with E-state index in [1.165, 1.54) is 0 Å². The first-order valence-electron chi connectivity index (χ1n) is 8.87. The van der Waals surface area contributed by atoms with E-state index in [9.17, 15) is 4.79 Å². The van der Waals surface area contributed by atoms with E-state index in [-0.39, 0.29) is 6.03 Å². The molecule has 0 spiro atoms. The molecule has 136 valence electrons. The van der Waals surface area contributed by atoms with Crippen molar-refractivity contribution in [3.05, 3.63) is 47.0 Å². The Morgan fingerprint density at radius 2 is 2.08 bits per heavy atom. The predicted octanol–water partition coefficient (Wildman–Crippen LogP) is 3.28. The Balaban J connectivity index is 2.05. The minimum atomic E-state index is -0.0672. The van der Waals surface area contributed by atoms with E-state index in [1.807, 2.05) is 41.6 Å². The van der Waals surface area contributed by atoms with Crippen molar-refractivity contribution < 1.29 is 4.79 Å². The number of hydrogen-bond acceptors (Lipinski definition) is 3. The van der Waals surface area contributed by atoms with Gasteiger partial charge in [0.25, 0.3) is 0 Å². The molecule has 0 atom stereocenters. The monoisotopic (exact) mass is 343 g/mol. The van der Waals surface area contributed by atoms with Crippen LogP contribution < -0.4 is 5.32 Å². The summed E-state index contributed by atoms with van der Waals surface area (Å²) in [5.74, 6) is 0.390. The Labute approximate surface area is 150 Å². The van der Waals surface area contributed by atoms with Crippen LogP contribution in [0, 0.1) is 19.8 Å². The third kappa shape index (κ3) is 5.05. The van der Waals surface area contributed by atoms with Gasteiger partial charge in [-0.3, -0.25) is 9.67 Å². The molecule has 1 N–H and O–H groups in total. The van der Waals surface area contributed by atoms with Crippen LogP contribution in [0.2, 0.25) is 0 Å². The molecule has 0 bridgehead atoms. The average Bonchev–Trinajstić information content (AvgIpc) is 2.86. The number of carbonyl (C=O) groups excluding carboxylic acids is 1. The molecule has 2 amide bonds. The van der Waals surface area contributed by atoms with Crippen LogP contribution in [-0.4, -0.2) is 32.2 Å². The van der Waals surface area contributed by atoms with Gasteiger partial charge in [0.05, 0.1) is 17.9 Å². The summed E-state index contributed by atoms with van der Waals surface area (Å²) in [7, 11) is 0. The summed E-state index contributed by atoms with van der Waals surface area (Å²) < 4.78 is 1.97. The molecule has 2 heterocycles.